The Bertz CT molecular complexity index is 1660. The zero-order valence-corrected chi connectivity index (χ0v) is 28.9. The number of hydrogen-bond acceptors (Lipinski definition) is 8. The highest BCUT2D eigenvalue weighted by molar-refractivity contribution is 7.90. The molecule has 3 rings (SSSR count). The lowest BCUT2D eigenvalue weighted by molar-refractivity contribution is -0.114. The number of hydrogen-bond donors (Lipinski definition) is 6. The van der Waals surface area contributed by atoms with Gasteiger partial charge >= 0.3 is 12.2 Å². The zero-order chi connectivity index (χ0) is 34.7. The van der Waals surface area contributed by atoms with Gasteiger partial charge in [-0.1, -0.05) is 77.1 Å². The van der Waals surface area contributed by atoms with Gasteiger partial charge in [-0.05, 0) is 53.6 Å². The Morgan fingerprint density at radius 2 is 1.41 bits per heavy atom. The maximum Gasteiger partial charge on any atom is 0.406 e. The molecule has 14 heteroatoms. The number of amides is 3. The predicted molar refractivity (Wildman–Crippen MR) is 180 cm³/mol. The summed E-state index contributed by atoms with van der Waals surface area (Å²) in [5.74, 6) is -0.247. The quantitative estimate of drug-likeness (QED) is 0.132. The minimum absolute atomic E-state index is 0.212. The molecule has 0 fully saturated rings. The van der Waals surface area contributed by atoms with Crippen molar-refractivity contribution in [3.8, 4) is 10.4 Å². The molecule has 0 bridgehead atoms. The Labute approximate surface area is 274 Å². The van der Waals surface area contributed by atoms with Gasteiger partial charge in [0.2, 0.25) is 5.91 Å². The van der Waals surface area contributed by atoms with Crippen LogP contribution < -0.4 is 21.3 Å². The Kier molecular flexibility index (Phi) is 10.8. The third kappa shape index (κ3) is 8.97. The van der Waals surface area contributed by atoms with Crippen molar-refractivity contribution in [2.45, 2.75) is 77.9 Å². The molecule has 1 unspecified atom stereocenters. The van der Waals surface area contributed by atoms with Crippen molar-refractivity contribution in [2.75, 3.05) is 16.9 Å². The van der Waals surface area contributed by atoms with Crippen LogP contribution in [0.15, 0.2) is 53.4 Å². The van der Waals surface area contributed by atoms with Crippen LogP contribution in [-0.4, -0.2) is 59.7 Å². The molecular formula is C32H43N5O7S2. The molecule has 6 N–H and O–H groups in total. The van der Waals surface area contributed by atoms with Crippen LogP contribution in [0.25, 0.3) is 10.4 Å². The monoisotopic (exact) mass is 673 g/mol. The second kappa shape index (κ2) is 13.7. The number of nitrogens with zero attached hydrogens (tertiary/aromatic N) is 1. The van der Waals surface area contributed by atoms with E-state index in [0.29, 0.717) is 23.7 Å². The molecule has 250 valence electrons. The van der Waals surface area contributed by atoms with E-state index in [1.807, 2.05) is 45.0 Å². The highest BCUT2D eigenvalue weighted by Crippen LogP contribution is 2.40. The number of aryl methyl sites for hydroxylation is 2. The number of benzene rings is 2. The molecule has 3 amide bonds. The molecule has 1 heterocycles. The molecule has 0 aliphatic carbocycles. The molecule has 2 aromatic carbocycles. The lowest BCUT2D eigenvalue weighted by Crippen LogP contribution is -2.77. The van der Waals surface area contributed by atoms with Crippen molar-refractivity contribution in [3.63, 3.8) is 0 Å². The van der Waals surface area contributed by atoms with E-state index in [9.17, 15) is 33.0 Å². The fourth-order valence-electron chi connectivity index (χ4n) is 5.30. The van der Waals surface area contributed by atoms with Crippen LogP contribution in [-0.2, 0) is 27.5 Å². The molecule has 46 heavy (non-hydrogen) atoms. The average molecular weight is 674 g/mol. The number of carboxylic acid groups (broad SMARTS) is 2. The standard InChI is InChI=1S/C32H43N5O7S2/c1-19(38)33-27-35-24(25(45-27)21-12-16-23(17-13-21)46(8,43)44)18-11-20-9-14-22(15-10-20)34-26(30(2,3)4)32(31(5,6)7,36-28(39)40)37-29(41)42/h9-10,12-17,26,34,36-37H,11,18H2,1-8H3,(H,39,40)(H,41,42)(H,33,35,38). The van der Waals surface area contributed by atoms with E-state index in [0.717, 1.165) is 28.0 Å². The summed E-state index contributed by atoms with van der Waals surface area (Å²) in [6.07, 6.45) is -0.420. The number of carbonyl (C=O) groups excluding carboxylic acids is 1. The van der Waals surface area contributed by atoms with E-state index in [1.165, 1.54) is 18.3 Å². The number of carbonyl (C=O) groups is 3. The van der Waals surface area contributed by atoms with Gasteiger partial charge in [-0.3, -0.25) is 15.4 Å². The van der Waals surface area contributed by atoms with Crippen LogP contribution in [0.4, 0.5) is 20.4 Å². The number of aromatic nitrogens is 1. The first-order valence-electron chi connectivity index (χ1n) is 14.6. The van der Waals surface area contributed by atoms with Gasteiger partial charge in [0.25, 0.3) is 0 Å². The molecule has 12 nitrogen and oxygen atoms in total. The fourth-order valence-corrected chi connectivity index (χ4v) is 6.99. The summed E-state index contributed by atoms with van der Waals surface area (Å²) >= 11 is 1.32. The molecule has 0 saturated heterocycles. The molecule has 0 radical (unpaired) electrons. The summed E-state index contributed by atoms with van der Waals surface area (Å²) in [5.41, 5.74) is 0.115. The molecular weight excluding hydrogens is 631 g/mol. The highest BCUT2D eigenvalue weighted by atomic mass is 32.2. The van der Waals surface area contributed by atoms with Crippen LogP contribution in [0.2, 0.25) is 0 Å². The van der Waals surface area contributed by atoms with Gasteiger partial charge in [0, 0.05) is 24.3 Å². The molecule has 3 aromatic rings. The minimum atomic E-state index is -3.35. The Morgan fingerprint density at radius 3 is 1.85 bits per heavy atom. The van der Waals surface area contributed by atoms with Crippen molar-refractivity contribution < 1.29 is 33.0 Å². The van der Waals surface area contributed by atoms with Crippen LogP contribution in [0, 0.1) is 10.8 Å². The third-order valence-corrected chi connectivity index (χ3v) is 9.72. The topological polar surface area (TPSA) is 187 Å². The molecule has 0 saturated carbocycles. The van der Waals surface area contributed by atoms with Gasteiger partial charge in [-0.2, -0.15) is 0 Å². The number of thiazole rings is 1. The predicted octanol–water partition coefficient (Wildman–Crippen LogP) is 6.06. The van der Waals surface area contributed by atoms with E-state index >= 15 is 0 Å². The number of rotatable bonds is 11. The Morgan fingerprint density at radius 1 is 0.870 bits per heavy atom. The molecule has 1 aromatic heterocycles. The number of anilines is 2. The van der Waals surface area contributed by atoms with Gasteiger partial charge in [0.15, 0.2) is 15.0 Å². The third-order valence-electron chi connectivity index (χ3n) is 7.53. The smallest absolute Gasteiger partial charge is 0.406 e. The molecule has 0 aliphatic heterocycles. The van der Waals surface area contributed by atoms with E-state index in [1.54, 1.807) is 45.0 Å². The first-order chi connectivity index (χ1) is 21.1. The van der Waals surface area contributed by atoms with E-state index in [2.05, 4.69) is 26.3 Å². The average Bonchev–Trinajstić information content (AvgIpc) is 3.30. The summed E-state index contributed by atoms with van der Waals surface area (Å²) in [4.78, 5) is 41.3. The van der Waals surface area contributed by atoms with E-state index < -0.39 is 44.6 Å². The van der Waals surface area contributed by atoms with Crippen molar-refractivity contribution >= 4 is 50.1 Å². The van der Waals surface area contributed by atoms with Gasteiger partial charge in [0.1, 0.15) is 5.66 Å². The molecule has 0 aliphatic rings. The van der Waals surface area contributed by atoms with Crippen LogP contribution in [0.3, 0.4) is 0 Å². The lowest BCUT2D eigenvalue weighted by Gasteiger charge is -2.53. The summed E-state index contributed by atoms with van der Waals surface area (Å²) in [6.45, 7) is 12.4. The van der Waals surface area contributed by atoms with Gasteiger partial charge in [0.05, 0.1) is 21.5 Å². The zero-order valence-electron chi connectivity index (χ0n) is 27.3. The first kappa shape index (κ1) is 36.3. The number of sulfone groups is 1. The van der Waals surface area contributed by atoms with Gasteiger partial charge < -0.3 is 20.8 Å². The summed E-state index contributed by atoms with van der Waals surface area (Å²) < 4.78 is 23.9. The SMILES string of the molecule is CC(=O)Nc1nc(CCc2ccc(NC(C(C)(C)C)C(NC(=O)O)(NC(=O)O)C(C)(C)C)cc2)c(-c2ccc(S(C)(=O)=O)cc2)s1. The summed E-state index contributed by atoms with van der Waals surface area (Å²) in [7, 11) is -3.35. The summed E-state index contributed by atoms with van der Waals surface area (Å²) in [6, 6.07) is 13.4. The van der Waals surface area contributed by atoms with Crippen LogP contribution in [0.1, 0.15) is 59.7 Å². The van der Waals surface area contributed by atoms with Crippen molar-refractivity contribution in [3.05, 3.63) is 59.8 Å². The van der Waals surface area contributed by atoms with E-state index in [-0.39, 0.29) is 10.8 Å². The van der Waals surface area contributed by atoms with E-state index in [4.69, 9.17) is 0 Å². The Hall–Kier alpha value is -4.17. The van der Waals surface area contributed by atoms with Crippen molar-refractivity contribution in [2.24, 2.45) is 10.8 Å². The lowest BCUT2D eigenvalue weighted by atomic mass is 9.67. The first-order valence-corrected chi connectivity index (χ1v) is 17.3. The van der Waals surface area contributed by atoms with Gasteiger partial charge in [-0.15, -0.1) is 0 Å². The van der Waals surface area contributed by atoms with Crippen molar-refractivity contribution in [1.82, 2.24) is 15.6 Å². The second-order valence-corrected chi connectivity index (χ2v) is 16.3. The Balaban J connectivity index is 1.90. The maximum absolute atomic E-state index is 12.0. The highest BCUT2D eigenvalue weighted by Gasteiger charge is 2.55. The van der Waals surface area contributed by atoms with Crippen LogP contribution >= 0.6 is 11.3 Å². The maximum atomic E-state index is 12.0. The fraction of sp³-hybridized carbons (Fsp3) is 0.438. The second-order valence-electron chi connectivity index (χ2n) is 13.3. The minimum Gasteiger partial charge on any atom is -0.465 e. The number of nitrogens with one attached hydrogen (secondary N) is 4. The largest absolute Gasteiger partial charge is 0.465 e. The molecule has 1 atom stereocenters. The van der Waals surface area contributed by atoms with Crippen molar-refractivity contribution in [1.29, 1.82) is 0 Å². The normalized spacial score (nSPS) is 13.0. The van der Waals surface area contributed by atoms with Gasteiger partial charge in [-0.25, -0.2) is 23.0 Å². The molecule has 0 spiro atoms. The summed E-state index contributed by atoms with van der Waals surface area (Å²) in [5, 5.41) is 31.1. The van der Waals surface area contributed by atoms with Crippen LogP contribution in [0.5, 0.6) is 0 Å².